The van der Waals surface area contributed by atoms with Gasteiger partial charge in [0.05, 0.1) is 11.4 Å². The highest BCUT2D eigenvalue weighted by atomic mass is 32.1. The third-order valence-electron chi connectivity index (χ3n) is 3.14. The molecule has 3 N–H and O–H groups in total. The summed E-state index contributed by atoms with van der Waals surface area (Å²) in [6, 6.07) is 0. The Bertz CT molecular complexity index is 647. The molecule has 2 heterocycles. The Morgan fingerprint density at radius 1 is 1.52 bits per heavy atom. The van der Waals surface area contributed by atoms with E-state index in [2.05, 4.69) is 15.4 Å². The molecule has 0 fully saturated rings. The van der Waals surface area contributed by atoms with Gasteiger partial charge in [-0.1, -0.05) is 18.3 Å². The van der Waals surface area contributed by atoms with Crippen LogP contribution in [0.3, 0.4) is 0 Å². The van der Waals surface area contributed by atoms with E-state index in [4.69, 9.17) is 5.73 Å². The number of nitrogen functional groups attached to an aromatic ring is 1. The number of carbonyl (C=O) groups excluding carboxylic acids is 1. The zero-order chi connectivity index (χ0) is 15.6. The second kappa shape index (κ2) is 6.13. The van der Waals surface area contributed by atoms with Crippen LogP contribution in [0, 0.1) is 0 Å². The molecular formula is C13H20N6OS. The molecule has 0 bridgehead atoms. The Kier molecular flexibility index (Phi) is 4.46. The molecule has 2 aromatic rings. The number of nitrogens with one attached hydrogen (secondary N) is 1. The summed E-state index contributed by atoms with van der Waals surface area (Å²) in [5.74, 6) is 0.0122. The summed E-state index contributed by atoms with van der Waals surface area (Å²) in [5, 5.41) is 7.89. The second-order valence-electron chi connectivity index (χ2n) is 4.70. The van der Waals surface area contributed by atoms with E-state index >= 15 is 0 Å². The minimum absolute atomic E-state index is 0.247. The first kappa shape index (κ1) is 15.3. The first-order valence-electron chi connectivity index (χ1n) is 6.77. The molecule has 1 amide bonds. The average molecular weight is 308 g/mol. The van der Waals surface area contributed by atoms with Gasteiger partial charge < -0.3 is 16.0 Å². The molecule has 0 aliphatic rings. The lowest BCUT2D eigenvalue weighted by Crippen LogP contribution is -2.15. The van der Waals surface area contributed by atoms with Gasteiger partial charge >= 0.3 is 0 Å². The molecule has 2 rings (SSSR count). The van der Waals surface area contributed by atoms with E-state index in [1.807, 2.05) is 32.8 Å². The van der Waals surface area contributed by atoms with Crippen molar-refractivity contribution in [3.8, 4) is 0 Å². The molecule has 0 aliphatic carbocycles. The number of aromatic nitrogens is 3. The van der Waals surface area contributed by atoms with Gasteiger partial charge in [0.15, 0.2) is 5.13 Å². The van der Waals surface area contributed by atoms with E-state index in [0.29, 0.717) is 10.6 Å². The SMILES string of the molecule is CCc1nn(C)cc1NC(=O)c1sc(N(C)CC)nc1N. The average Bonchev–Trinajstić information content (AvgIpc) is 3.00. The molecule has 0 aromatic carbocycles. The van der Waals surface area contributed by atoms with Crippen molar-refractivity contribution in [1.82, 2.24) is 14.8 Å². The van der Waals surface area contributed by atoms with Gasteiger partial charge in [0.2, 0.25) is 0 Å². The summed E-state index contributed by atoms with van der Waals surface area (Å²) < 4.78 is 1.68. The van der Waals surface area contributed by atoms with Crippen LogP contribution in [-0.2, 0) is 13.5 Å². The predicted octanol–water partition coefficient (Wildman–Crippen LogP) is 1.73. The Morgan fingerprint density at radius 3 is 2.86 bits per heavy atom. The smallest absolute Gasteiger partial charge is 0.269 e. The highest BCUT2D eigenvalue weighted by Gasteiger charge is 2.19. The quantitative estimate of drug-likeness (QED) is 0.878. The molecule has 21 heavy (non-hydrogen) atoms. The van der Waals surface area contributed by atoms with Gasteiger partial charge in [0.1, 0.15) is 10.7 Å². The van der Waals surface area contributed by atoms with Crippen molar-refractivity contribution in [2.75, 3.05) is 29.5 Å². The number of rotatable bonds is 5. The minimum atomic E-state index is -0.247. The number of anilines is 3. The fourth-order valence-electron chi connectivity index (χ4n) is 1.86. The summed E-state index contributed by atoms with van der Waals surface area (Å²) in [4.78, 5) is 19.0. The Balaban J connectivity index is 2.22. The lowest BCUT2D eigenvalue weighted by molar-refractivity contribution is 0.103. The minimum Gasteiger partial charge on any atom is -0.382 e. The number of carbonyl (C=O) groups is 1. The molecule has 0 saturated carbocycles. The fraction of sp³-hybridized carbons (Fsp3) is 0.462. The molecular weight excluding hydrogens is 288 g/mol. The van der Waals surface area contributed by atoms with Gasteiger partial charge in [0, 0.05) is 26.8 Å². The highest BCUT2D eigenvalue weighted by molar-refractivity contribution is 7.18. The van der Waals surface area contributed by atoms with E-state index in [0.717, 1.165) is 23.8 Å². The molecule has 0 atom stereocenters. The van der Waals surface area contributed by atoms with E-state index < -0.39 is 0 Å². The van der Waals surface area contributed by atoms with Gasteiger partial charge in [-0.2, -0.15) is 5.10 Å². The largest absolute Gasteiger partial charge is 0.382 e. The van der Waals surface area contributed by atoms with Crippen LogP contribution in [0.2, 0.25) is 0 Å². The number of nitrogens with two attached hydrogens (primary N) is 1. The molecule has 0 unspecified atom stereocenters. The maximum absolute atomic E-state index is 12.4. The number of nitrogens with zero attached hydrogens (tertiary/aromatic N) is 4. The number of thiazole rings is 1. The first-order chi connectivity index (χ1) is 9.96. The predicted molar refractivity (Wildman–Crippen MR) is 86.0 cm³/mol. The number of hydrogen-bond acceptors (Lipinski definition) is 6. The number of hydrogen-bond donors (Lipinski definition) is 2. The molecule has 2 aromatic heterocycles. The van der Waals surface area contributed by atoms with Gasteiger partial charge in [-0.3, -0.25) is 9.48 Å². The Labute approximate surface area is 127 Å². The molecule has 0 aliphatic heterocycles. The molecule has 8 heteroatoms. The first-order valence-corrected chi connectivity index (χ1v) is 7.59. The Morgan fingerprint density at radius 2 is 2.24 bits per heavy atom. The van der Waals surface area contributed by atoms with Crippen molar-refractivity contribution < 1.29 is 4.79 Å². The van der Waals surface area contributed by atoms with Crippen LogP contribution in [0.5, 0.6) is 0 Å². The zero-order valence-electron chi connectivity index (χ0n) is 12.7. The van der Waals surface area contributed by atoms with Gasteiger partial charge in [-0.15, -0.1) is 0 Å². The van der Waals surface area contributed by atoms with E-state index in [1.165, 1.54) is 11.3 Å². The van der Waals surface area contributed by atoms with Gasteiger partial charge in [0.25, 0.3) is 5.91 Å². The van der Waals surface area contributed by atoms with E-state index in [9.17, 15) is 4.79 Å². The summed E-state index contributed by atoms with van der Waals surface area (Å²) in [5.41, 5.74) is 7.41. The third kappa shape index (κ3) is 3.15. The third-order valence-corrected chi connectivity index (χ3v) is 4.32. The number of aryl methyl sites for hydroxylation is 2. The van der Waals surface area contributed by atoms with Crippen molar-refractivity contribution in [2.45, 2.75) is 20.3 Å². The zero-order valence-corrected chi connectivity index (χ0v) is 13.5. The monoisotopic (exact) mass is 308 g/mol. The van der Waals surface area contributed by atoms with E-state index in [-0.39, 0.29) is 11.7 Å². The van der Waals surface area contributed by atoms with Crippen molar-refractivity contribution in [3.63, 3.8) is 0 Å². The topological polar surface area (TPSA) is 89.1 Å². The fourth-order valence-corrected chi connectivity index (χ4v) is 2.77. The standard InChI is InChI=1S/C13H20N6OS/c1-5-8-9(7-19(4)17-8)15-12(20)10-11(14)16-13(21-10)18(3)6-2/h7H,5-6,14H2,1-4H3,(H,15,20). The summed E-state index contributed by atoms with van der Waals surface area (Å²) in [7, 11) is 3.74. The second-order valence-corrected chi connectivity index (χ2v) is 5.67. The van der Waals surface area contributed by atoms with E-state index in [1.54, 1.807) is 10.9 Å². The summed E-state index contributed by atoms with van der Waals surface area (Å²) in [6.07, 6.45) is 2.53. The molecule has 0 saturated heterocycles. The molecule has 0 spiro atoms. The lowest BCUT2D eigenvalue weighted by atomic mass is 10.3. The van der Waals surface area contributed by atoms with Crippen LogP contribution in [0.15, 0.2) is 6.20 Å². The van der Waals surface area contributed by atoms with Crippen molar-refractivity contribution in [3.05, 3.63) is 16.8 Å². The van der Waals surface area contributed by atoms with Crippen LogP contribution in [0.4, 0.5) is 16.6 Å². The maximum Gasteiger partial charge on any atom is 0.269 e. The van der Waals surface area contributed by atoms with Crippen LogP contribution in [0.1, 0.15) is 29.2 Å². The van der Waals surface area contributed by atoms with Crippen LogP contribution in [-0.4, -0.2) is 34.3 Å². The summed E-state index contributed by atoms with van der Waals surface area (Å²) in [6.45, 7) is 4.81. The van der Waals surface area contributed by atoms with Gasteiger partial charge in [-0.25, -0.2) is 4.98 Å². The number of amides is 1. The molecule has 7 nitrogen and oxygen atoms in total. The Hall–Kier alpha value is -2.09. The van der Waals surface area contributed by atoms with Crippen LogP contribution < -0.4 is 16.0 Å². The van der Waals surface area contributed by atoms with Crippen molar-refractivity contribution in [1.29, 1.82) is 0 Å². The van der Waals surface area contributed by atoms with Gasteiger partial charge in [-0.05, 0) is 13.3 Å². The maximum atomic E-state index is 12.4. The normalized spacial score (nSPS) is 10.7. The van der Waals surface area contributed by atoms with Crippen LogP contribution in [0.25, 0.3) is 0 Å². The lowest BCUT2D eigenvalue weighted by Gasteiger charge is -2.10. The molecule has 0 radical (unpaired) electrons. The summed E-state index contributed by atoms with van der Waals surface area (Å²) >= 11 is 1.29. The molecule has 114 valence electrons. The van der Waals surface area contributed by atoms with Crippen molar-refractivity contribution >= 4 is 33.9 Å². The van der Waals surface area contributed by atoms with Crippen LogP contribution >= 0.6 is 11.3 Å². The van der Waals surface area contributed by atoms with Crippen molar-refractivity contribution in [2.24, 2.45) is 7.05 Å². The highest BCUT2D eigenvalue weighted by Crippen LogP contribution is 2.28.